The summed E-state index contributed by atoms with van der Waals surface area (Å²) in [6, 6.07) is 72.2. The minimum absolute atomic E-state index is 0.887. The monoisotopic (exact) mass is 719 g/mol. The molecule has 0 spiro atoms. The maximum absolute atomic E-state index is 6.37. The molecule has 0 unspecified atom stereocenters. The summed E-state index contributed by atoms with van der Waals surface area (Å²) in [6.45, 7) is 0. The SMILES string of the molecule is c1cc(-c2ccc3ccccc3c2)cc(N(c2ccc(-c3cccc4c3sc3ccccc34)cc2)c2ccccc2-c2cccc3oc4ccccc4c23)c1. The lowest BCUT2D eigenvalue weighted by Crippen LogP contribution is -2.11. The number of benzene rings is 9. The van der Waals surface area contributed by atoms with Crippen molar-refractivity contribution in [1.82, 2.24) is 0 Å². The van der Waals surface area contributed by atoms with Gasteiger partial charge >= 0.3 is 0 Å². The van der Waals surface area contributed by atoms with E-state index in [1.807, 2.05) is 17.4 Å². The highest BCUT2D eigenvalue weighted by Crippen LogP contribution is 2.46. The maximum Gasteiger partial charge on any atom is 0.136 e. The van der Waals surface area contributed by atoms with Crippen molar-refractivity contribution >= 4 is 81.3 Å². The highest BCUT2D eigenvalue weighted by Gasteiger charge is 2.21. The van der Waals surface area contributed by atoms with E-state index in [-0.39, 0.29) is 0 Å². The Kier molecular flexibility index (Phi) is 7.39. The second kappa shape index (κ2) is 12.9. The lowest BCUT2D eigenvalue weighted by atomic mass is 9.96. The number of hydrogen-bond acceptors (Lipinski definition) is 3. The smallest absolute Gasteiger partial charge is 0.136 e. The van der Waals surface area contributed by atoms with Crippen molar-refractivity contribution in [3.63, 3.8) is 0 Å². The Morgan fingerprint density at radius 1 is 0.382 bits per heavy atom. The summed E-state index contributed by atoms with van der Waals surface area (Å²) in [4.78, 5) is 2.41. The van der Waals surface area contributed by atoms with E-state index in [9.17, 15) is 0 Å². The molecule has 0 amide bonds. The third-order valence-electron chi connectivity index (χ3n) is 10.9. The highest BCUT2D eigenvalue weighted by molar-refractivity contribution is 7.26. The third-order valence-corrected chi connectivity index (χ3v) is 12.1. The van der Waals surface area contributed by atoms with Crippen molar-refractivity contribution in [2.45, 2.75) is 0 Å². The van der Waals surface area contributed by atoms with Gasteiger partial charge in [0.05, 0.1) is 5.69 Å². The number of rotatable bonds is 6. The van der Waals surface area contributed by atoms with Gasteiger partial charge in [-0.3, -0.25) is 0 Å². The summed E-state index contributed by atoms with van der Waals surface area (Å²) in [6.07, 6.45) is 0. The van der Waals surface area contributed by atoms with Crippen molar-refractivity contribution < 1.29 is 4.42 Å². The topological polar surface area (TPSA) is 16.4 Å². The predicted molar refractivity (Wildman–Crippen MR) is 235 cm³/mol. The molecule has 9 aromatic carbocycles. The first kappa shape index (κ1) is 31.6. The van der Waals surface area contributed by atoms with Gasteiger partial charge in [-0.25, -0.2) is 0 Å². The van der Waals surface area contributed by atoms with Crippen LogP contribution >= 0.6 is 11.3 Å². The van der Waals surface area contributed by atoms with Crippen LogP contribution in [-0.2, 0) is 0 Å². The normalized spacial score (nSPS) is 11.6. The van der Waals surface area contributed by atoms with Crippen LogP contribution in [0, 0.1) is 0 Å². The molecule has 0 aliphatic carbocycles. The van der Waals surface area contributed by atoms with E-state index in [4.69, 9.17) is 4.42 Å². The van der Waals surface area contributed by atoms with E-state index in [0.717, 1.165) is 50.1 Å². The Bertz CT molecular complexity index is 3220. The molecular formula is C52H33NOS. The number of thiophene rings is 1. The van der Waals surface area contributed by atoms with E-state index >= 15 is 0 Å². The van der Waals surface area contributed by atoms with Crippen molar-refractivity contribution in [3.05, 3.63) is 200 Å². The summed E-state index contributed by atoms with van der Waals surface area (Å²) in [7, 11) is 0. The fourth-order valence-electron chi connectivity index (χ4n) is 8.28. The molecule has 258 valence electrons. The molecule has 2 heterocycles. The molecule has 0 bridgehead atoms. The van der Waals surface area contributed by atoms with Gasteiger partial charge in [0, 0.05) is 47.9 Å². The molecule has 0 radical (unpaired) electrons. The van der Waals surface area contributed by atoms with Crippen molar-refractivity contribution in [2.75, 3.05) is 4.90 Å². The molecule has 11 aromatic rings. The van der Waals surface area contributed by atoms with Gasteiger partial charge in [-0.2, -0.15) is 0 Å². The van der Waals surface area contributed by atoms with E-state index in [0.29, 0.717) is 0 Å². The van der Waals surface area contributed by atoms with Gasteiger partial charge in [0.1, 0.15) is 11.2 Å². The molecule has 0 aliphatic rings. The van der Waals surface area contributed by atoms with Crippen LogP contribution in [0.1, 0.15) is 0 Å². The second-order valence-electron chi connectivity index (χ2n) is 14.1. The molecule has 3 heteroatoms. The molecule has 2 nitrogen and oxygen atoms in total. The van der Waals surface area contributed by atoms with Gasteiger partial charge < -0.3 is 9.32 Å². The third kappa shape index (κ3) is 5.32. The first-order valence-corrected chi connectivity index (χ1v) is 19.5. The summed E-state index contributed by atoms with van der Waals surface area (Å²) in [5.74, 6) is 0. The molecule has 0 aliphatic heterocycles. The Morgan fingerprint density at radius 2 is 1.04 bits per heavy atom. The summed E-state index contributed by atoms with van der Waals surface area (Å²) in [5, 5.41) is 7.34. The average Bonchev–Trinajstić information content (AvgIpc) is 3.83. The lowest BCUT2D eigenvalue weighted by Gasteiger charge is -2.28. The molecule has 11 rings (SSSR count). The number of furan rings is 1. The fourth-order valence-corrected chi connectivity index (χ4v) is 9.52. The van der Waals surface area contributed by atoms with Gasteiger partial charge in [-0.15, -0.1) is 11.3 Å². The summed E-state index contributed by atoms with van der Waals surface area (Å²) in [5.41, 5.74) is 12.1. The largest absolute Gasteiger partial charge is 0.456 e. The molecule has 0 N–H and O–H groups in total. The van der Waals surface area contributed by atoms with Crippen LogP contribution in [0.2, 0.25) is 0 Å². The van der Waals surface area contributed by atoms with Crippen LogP contribution in [-0.4, -0.2) is 0 Å². The van der Waals surface area contributed by atoms with Crippen LogP contribution in [0.15, 0.2) is 205 Å². The number of fused-ring (bicyclic) bond motifs is 7. The Balaban J connectivity index is 1.10. The lowest BCUT2D eigenvalue weighted by molar-refractivity contribution is 0.669. The van der Waals surface area contributed by atoms with E-state index in [1.165, 1.54) is 53.2 Å². The zero-order valence-electron chi connectivity index (χ0n) is 29.8. The number of hydrogen-bond donors (Lipinski definition) is 0. The number of para-hydroxylation sites is 2. The first-order chi connectivity index (χ1) is 27.3. The van der Waals surface area contributed by atoms with Gasteiger partial charge in [0.2, 0.25) is 0 Å². The Labute approximate surface area is 322 Å². The molecule has 0 saturated heterocycles. The zero-order valence-corrected chi connectivity index (χ0v) is 30.6. The van der Waals surface area contributed by atoms with E-state index < -0.39 is 0 Å². The molecule has 0 saturated carbocycles. The predicted octanol–water partition coefficient (Wildman–Crippen LogP) is 15.6. The van der Waals surface area contributed by atoms with Crippen LogP contribution in [0.5, 0.6) is 0 Å². The van der Waals surface area contributed by atoms with Gasteiger partial charge in [0.15, 0.2) is 0 Å². The first-order valence-electron chi connectivity index (χ1n) is 18.7. The minimum atomic E-state index is 0.887. The van der Waals surface area contributed by atoms with Crippen molar-refractivity contribution in [1.29, 1.82) is 0 Å². The Hall–Kier alpha value is -6.94. The fraction of sp³-hybridized carbons (Fsp3) is 0. The van der Waals surface area contributed by atoms with Gasteiger partial charge in [-0.1, -0.05) is 146 Å². The van der Waals surface area contributed by atoms with Crippen molar-refractivity contribution in [2.24, 2.45) is 0 Å². The molecule has 0 atom stereocenters. The van der Waals surface area contributed by atoms with Crippen LogP contribution in [0.4, 0.5) is 17.1 Å². The summed E-state index contributed by atoms with van der Waals surface area (Å²) < 4.78 is 9.01. The molecule has 55 heavy (non-hydrogen) atoms. The van der Waals surface area contributed by atoms with Gasteiger partial charge in [0.25, 0.3) is 0 Å². The van der Waals surface area contributed by atoms with Crippen molar-refractivity contribution in [3.8, 4) is 33.4 Å². The molecular weight excluding hydrogens is 687 g/mol. The maximum atomic E-state index is 6.37. The Morgan fingerprint density at radius 3 is 1.96 bits per heavy atom. The highest BCUT2D eigenvalue weighted by atomic mass is 32.1. The van der Waals surface area contributed by atoms with Crippen LogP contribution in [0.3, 0.4) is 0 Å². The number of anilines is 3. The standard InChI is InChI=1S/C52H33NOS/c1-2-13-36-32-38(27-26-34(36)12-1)37-14-9-15-40(33-37)53(39-30-28-35(29-31-39)41-19-10-21-45-43-17-5-8-25-50(43)55-52(41)45)47-22-6-3-16-42(47)44-20-11-24-49-51(44)46-18-4-7-23-48(46)54-49/h1-33H. The van der Waals surface area contributed by atoms with Crippen LogP contribution < -0.4 is 4.90 Å². The molecule has 2 aromatic heterocycles. The van der Waals surface area contributed by atoms with Crippen LogP contribution in [0.25, 0.3) is 86.3 Å². The molecule has 0 fully saturated rings. The average molecular weight is 720 g/mol. The van der Waals surface area contributed by atoms with Gasteiger partial charge in [-0.05, 0) is 93.2 Å². The number of nitrogens with zero attached hydrogens (tertiary/aromatic N) is 1. The minimum Gasteiger partial charge on any atom is -0.456 e. The van der Waals surface area contributed by atoms with E-state index in [1.54, 1.807) is 0 Å². The quantitative estimate of drug-likeness (QED) is 0.170. The van der Waals surface area contributed by atoms with E-state index in [2.05, 4.69) is 199 Å². The zero-order chi connectivity index (χ0) is 36.3. The summed E-state index contributed by atoms with van der Waals surface area (Å²) >= 11 is 1.87. The second-order valence-corrected chi connectivity index (χ2v) is 15.1.